The third kappa shape index (κ3) is 17.5. The first-order valence-corrected chi connectivity index (χ1v) is 24.1. The summed E-state index contributed by atoms with van der Waals surface area (Å²) in [6, 6.07) is 18.1. The van der Waals surface area contributed by atoms with Crippen LogP contribution in [0.2, 0.25) is 0 Å². The maximum Gasteiger partial charge on any atom is 0.427 e. The molecule has 2 aromatic carbocycles. The van der Waals surface area contributed by atoms with Crippen LogP contribution in [-0.2, 0) is 40.1 Å². The number of hydrogen-bond donors (Lipinski definition) is 3. The molecule has 380 valence electrons. The zero-order valence-electron chi connectivity index (χ0n) is 42.6. The summed E-state index contributed by atoms with van der Waals surface area (Å²) in [5.74, 6) is 1.17. The van der Waals surface area contributed by atoms with Crippen LogP contribution in [0.1, 0.15) is 145 Å². The number of nitrogens with one attached hydrogen (secondary N) is 2. The number of nitrogens with two attached hydrogens (primary N) is 1. The molecule has 19 heteroatoms. The van der Waals surface area contributed by atoms with E-state index in [4.69, 9.17) is 31.5 Å². The SMILES string of the molecule is CCCCN(C(=O)OC(C)(C)C)c1nc(N(C(=O)OC(C)(C)C)C(=O)OC(C)(C)C)nc2c1CCNC2.CCCCNc1nc(N)nc2c1CCN(C(=O)c1ccccc1)C2.O=C(Cl)c1ccccc1. The van der Waals surface area contributed by atoms with E-state index in [1.54, 1.807) is 86.6 Å². The highest BCUT2D eigenvalue weighted by molar-refractivity contribution is 6.67. The number of ether oxygens (including phenoxy) is 3. The second-order valence-electron chi connectivity index (χ2n) is 19.6. The molecule has 2 aromatic heterocycles. The monoisotopic (exact) mass is 987 g/mol. The highest BCUT2D eigenvalue weighted by Gasteiger charge is 2.37. The average Bonchev–Trinajstić information content (AvgIpc) is 3.28. The fraction of sp³-hybridized carbons (Fsp3) is 0.510. The lowest BCUT2D eigenvalue weighted by Crippen LogP contribution is -2.45. The summed E-state index contributed by atoms with van der Waals surface area (Å²) < 4.78 is 16.7. The van der Waals surface area contributed by atoms with Gasteiger partial charge in [0.2, 0.25) is 11.9 Å². The van der Waals surface area contributed by atoms with Crippen LogP contribution in [-0.4, -0.2) is 97.2 Å². The Kier molecular flexibility index (Phi) is 20.4. The standard InChI is InChI=1S/C26H43N5O6.C18H23N5O.C7H5ClO/c1-11-12-15-30(21(32)35-24(2,3)4)19-17-13-14-27-16-18(17)28-20(29-19)31(22(33)36-25(5,6)7)23(34)37-26(8,9)10;1-2-3-10-20-16-14-9-11-23(12-15(14)21-18(19)22-16)17(24)13-7-5-4-6-8-13;8-7(9)6-4-2-1-3-5-6/h27H,11-16H2,1-10H3;4-8H,2-3,9-12H2,1H3,(H3,19,20,21,22);1-5H. The van der Waals surface area contributed by atoms with Crippen molar-refractivity contribution in [3.8, 4) is 0 Å². The maximum atomic E-state index is 13.3. The third-order valence-electron chi connectivity index (χ3n) is 10.1. The van der Waals surface area contributed by atoms with Crippen LogP contribution >= 0.6 is 11.6 Å². The van der Waals surface area contributed by atoms with E-state index in [1.165, 1.54) is 4.90 Å². The Balaban J connectivity index is 0.000000272. The topological polar surface area (TPSA) is 224 Å². The number of unbranched alkanes of at least 4 members (excludes halogenated alkanes) is 2. The van der Waals surface area contributed by atoms with E-state index in [1.807, 2.05) is 48.2 Å². The minimum absolute atomic E-state index is 0.0268. The highest BCUT2D eigenvalue weighted by Crippen LogP contribution is 2.31. The molecule has 18 nitrogen and oxygen atoms in total. The Hall–Kier alpha value is -6.40. The van der Waals surface area contributed by atoms with Crippen molar-refractivity contribution in [3.05, 3.63) is 94.3 Å². The summed E-state index contributed by atoms with van der Waals surface area (Å²) in [4.78, 5) is 84.6. The van der Waals surface area contributed by atoms with Gasteiger partial charge in [0.25, 0.3) is 11.1 Å². The lowest BCUT2D eigenvalue weighted by molar-refractivity contribution is 0.0425. The van der Waals surface area contributed by atoms with E-state index in [2.05, 4.69) is 37.5 Å². The number of aromatic nitrogens is 4. The van der Waals surface area contributed by atoms with Crippen molar-refractivity contribution in [2.45, 2.75) is 145 Å². The van der Waals surface area contributed by atoms with Crippen molar-refractivity contribution in [3.63, 3.8) is 0 Å². The van der Waals surface area contributed by atoms with Crippen LogP contribution in [0.25, 0.3) is 0 Å². The number of nitrogens with zero attached hydrogens (tertiary/aromatic N) is 7. The summed E-state index contributed by atoms with van der Waals surface area (Å²) in [6.07, 6.45) is 2.52. The molecular formula is C51H71ClN10O8. The molecular weight excluding hydrogens is 916 g/mol. The number of anilines is 4. The van der Waals surface area contributed by atoms with Gasteiger partial charge >= 0.3 is 18.3 Å². The Labute approximate surface area is 417 Å². The number of nitrogen functional groups attached to an aromatic ring is 1. The first-order chi connectivity index (χ1) is 32.9. The molecule has 4 amide bonds. The van der Waals surface area contributed by atoms with Gasteiger partial charge in [0.1, 0.15) is 28.4 Å². The van der Waals surface area contributed by atoms with E-state index in [-0.39, 0.29) is 17.8 Å². The molecule has 0 saturated heterocycles. The van der Waals surface area contributed by atoms with Gasteiger partial charge in [-0.2, -0.15) is 9.97 Å². The van der Waals surface area contributed by atoms with Crippen molar-refractivity contribution in [1.29, 1.82) is 0 Å². The number of fused-ring (bicyclic) bond motifs is 2. The lowest BCUT2D eigenvalue weighted by Gasteiger charge is -2.31. The number of halogens is 1. The zero-order chi connectivity index (χ0) is 51.8. The number of carbonyl (C=O) groups is 5. The van der Waals surface area contributed by atoms with E-state index in [0.717, 1.165) is 54.9 Å². The molecule has 0 saturated carbocycles. The molecule has 4 heterocycles. The number of imide groups is 1. The Morgan fingerprint density at radius 2 is 1.27 bits per heavy atom. The summed E-state index contributed by atoms with van der Waals surface area (Å²) in [5.41, 5.74) is 7.86. The third-order valence-corrected chi connectivity index (χ3v) is 10.3. The molecule has 0 unspecified atom stereocenters. The van der Waals surface area contributed by atoms with Crippen molar-refractivity contribution in [2.24, 2.45) is 0 Å². The van der Waals surface area contributed by atoms with E-state index >= 15 is 0 Å². The van der Waals surface area contributed by atoms with Crippen LogP contribution < -0.4 is 26.2 Å². The lowest BCUT2D eigenvalue weighted by atomic mass is 10.0. The van der Waals surface area contributed by atoms with Gasteiger partial charge in [-0.15, -0.1) is 4.90 Å². The predicted octanol–water partition coefficient (Wildman–Crippen LogP) is 9.88. The molecule has 0 aliphatic carbocycles. The normalized spacial score (nSPS) is 13.1. The largest absolute Gasteiger partial charge is 0.443 e. The Morgan fingerprint density at radius 1 is 0.714 bits per heavy atom. The minimum Gasteiger partial charge on any atom is -0.443 e. The molecule has 2 aliphatic rings. The van der Waals surface area contributed by atoms with Crippen molar-refractivity contribution >= 4 is 64.6 Å². The summed E-state index contributed by atoms with van der Waals surface area (Å²) >= 11 is 5.16. The number of amides is 4. The summed E-state index contributed by atoms with van der Waals surface area (Å²) in [6.45, 7) is 23.1. The smallest absolute Gasteiger partial charge is 0.427 e. The number of rotatable bonds is 11. The van der Waals surface area contributed by atoms with Gasteiger partial charge in [-0.25, -0.2) is 24.4 Å². The van der Waals surface area contributed by atoms with Gasteiger partial charge in [-0.05, 0) is 118 Å². The number of carbonyl (C=O) groups excluding carboxylic acids is 5. The fourth-order valence-corrected chi connectivity index (χ4v) is 7.03. The van der Waals surface area contributed by atoms with Crippen LogP contribution in [0.3, 0.4) is 0 Å². The molecule has 70 heavy (non-hydrogen) atoms. The van der Waals surface area contributed by atoms with Crippen LogP contribution in [0.4, 0.5) is 37.9 Å². The molecule has 4 aromatic rings. The molecule has 0 atom stereocenters. The molecule has 2 aliphatic heterocycles. The van der Waals surface area contributed by atoms with Gasteiger partial charge in [0, 0.05) is 48.4 Å². The second-order valence-corrected chi connectivity index (χ2v) is 19.9. The van der Waals surface area contributed by atoms with Gasteiger partial charge in [0.15, 0.2) is 0 Å². The van der Waals surface area contributed by atoms with E-state index in [9.17, 15) is 24.0 Å². The second kappa shape index (κ2) is 25.5. The molecule has 6 rings (SSSR count). The van der Waals surface area contributed by atoms with E-state index < -0.39 is 40.3 Å². The van der Waals surface area contributed by atoms with Crippen LogP contribution in [0.15, 0.2) is 60.7 Å². The summed E-state index contributed by atoms with van der Waals surface area (Å²) in [7, 11) is 0. The van der Waals surface area contributed by atoms with Crippen LogP contribution in [0.5, 0.6) is 0 Å². The Bertz CT molecular complexity index is 2380. The Morgan fingerprint density at radius 3 is 1.80 bits per heavy atom. The average molecular weight is 988 g/mol. The van der Waals surface area contributed by atoms with Crippen LogP contribution in [0, 0.1) is 0 Å². The van der Waals surface area contributed by atoms with Crippen molar-refractivity contribution in [1.82, 2.24) is 30.2 Å². The number of benzene rings is 2. The highest BCUT2D eigenvalue weighted by atomic mass is 35.5. The fourth-order valence-electron chi connectivity index (χ4n) is 6.91. The first-order valence-electron chi connectivity index (χ1n) is 23.8. The first kappa shape index (κ1) is 56.2. The molecule has 4 N–H and O–H groups in total. The maximum absolute atomic E-state index is 13.3. The van der Waals surface area contributed by atoms with Gasteiger partial charge in [0.05, 0.1) is 17.9 Å². The van der Waals surface area contributed by atoms with Gasteiger partial charge < -0.3 is 35.5 Å². The summed E-state index contributed by atoms with van der Waals surface area (Å²) in [5, 5.41) is 6.19. The zero-order valence-corrected chi connectivity index (χ0v) is 43.4. The predicted molar refractivity (Wildman–Crippen MR) is 272 cm³/mol. The molecule has 0 bridgehead atoms. The van der Waals surface area contributed by atoms with E-state index in [0.29, 0.717) is 73.1 Å². The van der Waals surface area contributed by atoms with Gasteiger partial charge in [-0.1, -0.05) is 75.2 Å². The van der Waals surface area contributed by atoms with Gasteiger partial charge in [-0.3, -0.25) is 14.5 Å². The molecule has 0 radical (unpaired) electrons. The molecule has 0 fully saturated rings. The quantitative estimate of drug-likeness (QED) is 0.0722. The van der Waals surface area contributed by atoms with Crippen molar-refractivity contribution < 1.29 is 38.2 Å². The van der Waals surface area contributed by atoms with Crippen molar-refractivity contribution in [2.75, 3.05) is 47.0 Å². The number of hydrogen-bond acceptors (Lipinski definition) is 15. The minimum atomic E-state index is -0.978. The molecule has 0 spiro atoms.